The second-order valence-electron chi connectivity index (χ2n) is 5.33. The Morgan fingerprint density at radius 1 is 1.26 bits per heavy atom. The molecular formula is C16H24O3. The van der Waals surface area contributed by atoms with Crippen molar-refractivity contribution in [3.8, 4) is 5.75 Å². The fraction of sp³-hybridized carbons (Fsp3) is 0.625. The molecule has 0 saturated heterocycles. The molecule has 19 heavy (non-hydrogen) atoms. The molecule has 1 aromatic carbocycles. The van der Waals surface area contributed by atoms with Gasteiger partial charge in [-0.25, -0.2) is 0 Å². The lowest BCUT2D eigenvalue weighted by atomic mass is 9.90. The van der Waals surface area contributed by atoms with Crippen LogP contribution in [0.25, 0.3) is 0 Å². The van der Waals surface area contributed by atoms with Gasteiger partial charge in [0.25, 0.3) is 0 Å². The van der Waals surface area contributed by atoms with E-state index in [4.69, 9.17) is 9.47 Å². The fourth-order valence-corrected chi connectivity index (χ4v) is 2.65. The highest BCUT2D eigenvalue weighted by Gasteiger charge is 2.15. The van der Waals surface area contributed by atoms with Crippen LogP contribution in [0.3, 0.4) is 0 Å². The van der Waals surface area contributed by atoms with E-state index in [0.29, 0.717) is 12.5 Å². The van der Waals surface area contributed by atoms with Gasteiger partial charge in [-0.15, -0.1) is 0 Å². The molecule has 1 N–H and O–H groups in total. The summed E-state index contributed by atoms with van der Waals surface area (Å²) in [7, 11) is 1.63. The second kappa shape index (κ2) is 7.51. The zero-order valence-corrected chi connectivity index (χ0v) is 11.7. The van der Waals surface area contributed by atoms with E-state index >= 15 is 0 Å². The van der Waals surface area contributed by atoms with Crippen LogP contribution in [0.1, 0.15) is 43.8 Å². The fourth-order valence-electron chi connectivity index (χ4n) is 2.65. The van der Waals surface area contributed by atoms with Crippen LogP contribution in [0.4, 0.5) is 0 Å². The molecule has 0 spiro atoms. The SMILES string of the molecule is COc1cccc(C(O)COCC2CCCCC2)c1. The van der Waals surface area contributed by atoms with E-state index in [2.05, 4.69) is 0 Å². The summed E-state index contributed by atoms with van der Waals surface area (Å²) in [5.74, 6) is 1.45. The molecule has 1 saturated carbocycles. The highest BCUT2D eigenvalue weighted by Crippen LogP contribution is 2.24. The number of hydrogen-bond donors (Lipinski definition) is 1. The summed E-state index contributed by atoms with van der Waals surface area (Å²) in [6.07, 6.45) is 5.99. The summed E-state index contributed by atoms with van der Waals surface area (Å²) < 4.78 is 10.8. The predicted molar refractivity (Wildman–Crippen MR) is 75.3 cm³/mol. The van der Waals surface area contributed by atoms with Crippen LogP contribution in [0, 0.1) is 5.92 Å². The molecule has 0 aromatic heterocycles. The molecule has 1 unspecified atom stereocenters. The minimum atomic E-state index is -0.571. The molecule has 1 aromatic rings. The Hall–Kier alpha value is -1.06. The van der Waals surface area contributed by atoms with E-state index < -0.39 is 6.10 Å². The molecule has 3 nitrogen and oxygen atoms in total. The third-order valence-corrected chi connectivity index (χ3v) is 3.83. The average molecular weight is 264 g/mol. The van der Waals surface area contributed by atoms with Gasteiger partial charge in [0.05, 0.1) is 13.7 Å². The van der Waals surface area contributed by atoms with Crippen LogP contribution in [0.2, 0.25) is 0 Å². The summed E-state index contributed by atoms with van der Waals surface area (Å²) >= 11 is 0. The number of benzene rings is 1. The zero-order valence-electron chi connectivity index (χ0n) is 11.7. The molecule has 1 aliphatic carbocycles. The lowest BCUT2D eigenvalue weighted by molar-refractivity contribution is 0.0146. The van der Waals surface area contributed by atoms with E-state index in [1.165, 1.54) is 32.1 Å². The molecule has 2 rings (SSSR count). The molecule has 0 bridgehead atoms. The highest BCUT2D eigenvalue weighted by atomic mass is 16.5. The van der Waals surface area contributed by atoms with E-state index in [9.17, 15) is 5.11 Å². The molecule has 1 atom stereocenters. The summed E-state index contributed by atoms with van der Waals surface area (Å²) in [5, 5.41) is 10.1. The smallest absolute Gasteiger partial charge is 0.119 e. The minimum absolute atomic E-state index is 0.365. The molecule has 1 fully saturated rings. The van der Waals surface area contributed by atoms with Crippen LogP contribution >= 0.6 is 0 Å². The maximum atomic E-state index is 10.1. The van der Waals surface area contributed by atoms with Gasteiger partial charge in [0.1, 0.15) is 11.9 Å². The van der Waals surface area contributed by atoms with Crippen molar-refractivity contribution in [2.45, 2.75) is 38.2 Å². The summed E-state index contributed by atoms with van der Waals surface area (Å²) in [6, 6.07) is 7.52. The molecule has 0 amide bonds. The number of methoxy groups -OCH3 is 1. The number of rotatable bonds is 6. The standard InChI is InChI=1S/C16H24O3/c1-18-15-9-5-8-14(10-15)16(17)12-19-11-13-6-3-2-4-7-13/h5,8-10,13,16-17H,2-4,6-7,11-12H2,1H3. The molecule has 106 valence electrons. The Labute approximate surface area is 115 Å². The van der Waals surface area contributed by atoms with Gasteiger partial charge >= 0.3 is 0 Å². The van der Waals surface area contributed by atoms with Crippen molar-refractivity contribution in [3.05, 3.63) is 29.8 Å². The first kappa shape index (κ1) is 14.4. The van der Waals surface area contributed by atoms with Gasteiger partial charge in [-0.2, -0.15) is 0 Å². The van der Waals surface area contributed by atoms with Gasteiger partial charge in [0, 0.05) is 6.61 Å². The number of aliphatic hydroxyl groups excluding tert-OH is 1. The third-order valence-electron chi connectivity index (χ3n) is 3.83. The van der Waals surface area contributed by atoms with Gasteiger partial charge in [-0.1, -0.05) is 31.4 Å². The molecular weight excluding hydrogens is 240 g/mol. The summed E-state index contributed by atoms with van der Waals surface area (Å²) in [4.78, 5) is 0. The lowest BCUT2D eigenvalue weighted by Gasteiger charge is -2.22. The Morgan fingerprint density at radius 3 is 2.79 bits per heavy atom. The zero-order chi connectivity index (χ0) is 13.5. The predicted octanol–water partition coefficient (Wildman–Crippen LogP) is 3.33. The van der Waals surface area contributed by atoms with Crippen molar-refractivity contribution in [1.82, 2.24) is 0 Å². The van der Waals surface area contributed by atoms with E-state index in [0.717, 1.165) is 17.9 Å². The molecule has 0 aliphatic heterocycles. The van der Waals surface area contributed by atoms with E-state index in [-0.39, 0.29) is 0 Å². The third kappa shape index (κ3) is 4.51. The van der Waals surface area contributed by atoms with Crippen LogP contribution in [-0.4, -0.2) is 25.4 Å². The Morgan fingerprint density at radius 2 is 2.05 bits per heavy atom. The van der Waals surface area contributed by atoms with Crippen molar-refractivity contribution >= 4 is 0 Å². The van der Waals surface area contributed by atoms with E-state index in [1.54, 1.807) is 7.11 Å². The normalized spacial score (nSPS) is 18.2. The highest BCUT2D eigenvalue weighted by molar-refractivity contribution is 5.29. The molecule has 3 heteroatoms. The maximum Gasteiger partial charge on any atom is 0.119 e. The maximum absolute atomic E-state index is 10.1. The Kier molecular flexibility index (Phi) is 5.67. The quantitative estimate of drug-likeness (QED) is 0.856. The second-order valence-corrected chi connectivity index (χ2v) is 5.33. The molecule has 1 aliphatic rings. The minimum Gasteiger partial charge on any atom is -0.497 e. The van der Waals surface area contributed by atoms with Crippen molar-refractivity contribution in [2.24, 2.45) is 5.92 Å². The summed E-state index contributed by atoms with van der Waals surface area (Å²) in [6.45, 7) is 1.14. The van der Waals surface area contributed by atoms with Crippen molar-refractivity contribution < 1.29 is 14.6 Å². The van der Waals surface area contributed by atoms with Gasteiger partial charge in [0.15, 0.2) is 0 Å². The Bertz CT molecular complexity index is 372. The Balaban J connectivity index is 1.75. The number of ether oxygens (including phenoxy) is 2. The first-order valence-electron chi connectivity index (χ1n) is 7.19. The molecule has 0 radical (unpaired) electrons. The van der Waals surface area contributed by atoms with Crippen LogP contribution in [-0.2, 0) is 4.74 Å². The number of aliphatic hydroxyl groups is 1. The topological polar surface area (TPSA) is 38.7 Å². The van der Waals surface area contributed by atoms with Crippen molar-refractivity contribution in [3.63, 3.8) is 0 Å². The largest absolute Gasteiger partial charge is 0.497 e. The van der Waals surface area contributed by atoms with Crippen LogP contribution in [0.15, 0.2) is 24.3 Å². The monoisotopic (exact) mass is 264 g/mol. The lowest BCUT2D eigenvalue weighted by Crippen LogP contribution is -2.16. The van der Waals surface area contributed by atoms with Gasteiger partial charge in [-0.3, -0.25) is 0 Å². The van der Waals surface area contributed by atoms with Crippen LogP contribution in [0.5, 0.6) is 5.75 Å². The first-order chi connectivity index (χ1) is 9.29. The van der Waals surface area contributed by atoms with Crippen molar-refractivity contribution in [1.29, 1.82) is 0 Å². The summed E-state index contributed by atoms with van der Waals surface area (Å²) in [5.41, 5.74) is 0.850. The van der Waals surface area contributed by atoms with Crippen LogP contribution < -0.4 is 4.74 Å². The molecule has 0 heterocycles. The van der Waals surface area contributed by atoms with Crippen molar-refractivity contribution in [2.75, 3.05) is 20.3 Å². The van der Waals surface area contributed by atoms with Gasteiger partial charge in [0.2, 0.25) is 0 Å². The average Bonchev–Trinajstić information content (AvgIpc) is 2.48. The first-order valence-corrected chi connectivity index (χ1v) is 7.19. The van der Waals surface area contributed by atoms with E-state index in [1.807, 2.05) is 24.3 Å². The number of hydrogen-bond acceptors (Lipinski definition) is 3. The van der Waals surface area contributed by atoms with Gasteiger partial charge in [-0.05, 0) is 36.5 Å². The van der Waals surface area contributed by atoms with Gasteiger partial charge < -0.3 is 14.6 Å².